The van der Waals surface area contributed by atoms with Crippen molar-refractivity contribution >= 4 is 5.97 Å². The van der Waals surface area contributed by atoms with Crippen molar-refractivity contribution in [1.82, 2.24) is 0 Å². The highest BCUT2D eigenvalue weighted by atomic mass is 16.8. The summed E-state index contributed by atoms with van der Waals surface area (Å²) in [6.07, 6.45) is -32.3. The van der Waals surface area contributed by atoms with Crippen LogP contribution in [0.1, 0.15) is 113 Å². The Kier molecular flexibility index (Phi) is 19.4. The number of ether oxygens (including phenoxy) is 10. The van der Waals surface area contributed by atoms with Crippen LogP contribution in [0.4, 0.5) is 0 Å². The third-order valence-corrected chi connectivity index (χ3v) is 23.1. The van der Waals surface area contributed by atoms with Gasteiger partial charge >= 0.3 is 5.97 Å². The van der Waals surface area contributed by atoms with E-state index in [0.717, 1.165) is 25.7 Å². The molecule has 32 unspecified atom stereocenters. The van der Waals surface area contributed by atoms with Gasteiger partial charge in [0.2, 0.25) is 6.29 Å². The molecular weight excluding hydrogens is 1140 g/mol. The molecule has 4 saturated carbocycles. The third-order valence-electron chi connectivity index (χ3n) is 23.1. The van der Waals surface area contributed by atoms with Gasteiger partial charge in [0.15, 0.2) is 25.2 Å². The van der Waals surface area contributed by atoms with Crippen LogP contribution in [0.25, 0.3) is 0 Å². The van der Waals surface area contributed by atoms with Crippen molar-refractivity contribution in [3.05, 3.63) is 11.6 Å². The first-order chi connectivity index (χ1) is 40.3. The van der Waals surface area contributed by atoms with Crippen molar-refractivity contribution in [3.63, 3.8) is 0 Å². The molecule has 32 atom stereocenters. The number of aliphatic hydroxyl groups excluding tert-OH is 16. The number of aliphatic hydroxyl groups is 16. The molecule has 0 aromatic heterocycles. The maximum Gasteiger partial charge on any atom is 0.315 e. The SMILES string of the molecule is CC1(C)CCC2(C(=O)OC3OC(CO)C(O)C(O)C3O)CCC3(C)C(=CCC4C5(C)CCC(OC6OCC(O)C(OC7OC(COC8OC(CO)C(O)C(O)C8O)C(O)C(O)C7O)C6OC6OC(CO)C(O)C(O)C6O)C(C)(C)C5CCC43C)C2C1. The Bertz CT molecular complexity index is 2380. The van der Waals surface area contributed by atoms with E-state index in [1.165, 1.54) is 5.57 Å². The standard InChI is InChI=1S/C59H96O27/c1-54(2)14-16-59(53(76)86-51-45(75)40(70)36(66)29(21-62)81-51)17-15-57(6)24(25(59)18-54)8-9-32-56(5)12-11-33(55(3,4)31(56)10-13-58(32,57)7)83-52-47(85-49-43(73)39(69)35(65)28(20-61)80-49)46(26(63)22-77-52)84-50-44(74)41(71)37(67)30(82-50)23-78-48-42(72)38(68)34(64)27(19-60)79-48/h8,25-52,60-75H,9-23H2,1-7H3. The van der Waals surface area contributed by atoms with Crippen molar-refractivity contribution in [1.29, 1.82) is 0 Å². The molecule has 0 aromatic carbocycles. The summed E-state index contributed by atoms with van der Waals surface area (Å²) in [5.41, 5.74) is -1.34. The second-order valence-electron chi connectivity index (χ2n) is 28.7. The van der Waals surface area contributed by atoms with E-state index in [4.69, 9.17) is 47.4 Å². The lowest BCUT2D eigenvalue weighted by molar-refractivity contribution is -0.391. The highest BCUT2D eigenvalue weighted by molar-refractivity contribution is 5.79. The molecule has 0 bridgehead atoms. The lowest BCUT2D eigenvalue weighted by Crippen LogP contribution is -2.67. The van der Waals surface area contributed by atoms with E-state index in [-0.39, 0.29) is 39.4 Å². The van der Waals surface area contributed by atoms with Crippen molar-refractivity contribution in [3.8, 4) is 0 Å². The molecule has 9 fully saturated rings. The first kappa shape index (κ1) is 67.1. The van der Waals surface area contributed by atoms with Crippen LogP contribution in [0.5, 0.6) is 0 Å². The van der Waals surface area contributed by atoms with E-state index in [1.807, 2.05) is 0 Å². The number of esters is 1. The monoisotopic (exact) mass is 1240 g/mol. The summed E-state index contributed by atoms with van der Waals surface area (Å²) in [6, 6.07) is 0. The molecule has 0 amide bonds. The van der Waals surface area contributed by atoms with E-state index in [2.05, 4.69) is 54.5 Å². The lowest BCUT2D eigenvalue weighted by Gasteiger charge is -2.71. The van der Waals surface area contributed by atoms with E-state index in [9.17, 15) is 86.5 Å². The van der Waals surface area contributed by atoms with Crippen LogP contribution in [0.15, 0.2) is 11.6 Å². The number of hydrogen-bond donors (Lipinski definition) is 16. The highest BCUT2D eigenvalue weighted by Crippen LogP contribution is 2.76. The average Bonchev–Trinajstić information content (AvgIpc) is 0.685. The van der Waals surface area contributed by atoms with Gasteiger partial charge in [-0.15, -0.1) is 0 Å². The largest absolute Gasteiger partial charge is 0.432 e. The molecule has 10 aliphatic rings. The van der Waals surface area contributed by atoms with E-state index >= 15 is 0 Å². The Balaban J connectivity index is 0.893. The van der Waals surface area contributed by atoms with Gasteiger partial charge < -0.3 is 129 Å². The van der Waals surface area contributed by atoms with Crippen LogP contribution in [-0.2, 0) is 52.2 Å². The molecule has 5 saturated heterocycles. The summed E-state index contributed by atoms with van der Waals surface area (Å²) in [4.78, 5) is 14.8. The Hall–Kier alpha value is -1.79. The van der Waals surface area contributed by atoms with Gasteiger partial charge in [0.1, 0.15) is 116 Å². The van der Waals surface area contributed by atoms with Crippen molar-refractivity contribution in [2.45, 2.75) is 266 Å². The molecule has 0 spiro atoms. The fourth-order valence-corrected chi connectivity index (χ4v) is 17.6. The van der Waals surface area contributed by atoms with Gasteiger partial charge in [0.05, 0.1) is 44.6 Å². The summed E-state index contributed by atoms with van der Waals surface area (Å²) in [7, 11) is 0. The zero-order valence-electron chi connectivity index (χ0n) is 50.0. The zero-order valence-corrected chi connectivity index (χ0v) is 50.0. The van der Waals surface area contributed by atoms with Crippen LogP contribution in [0.3, 0.4) is 0 Å². The normalized spacial score (nSPS) is 53.6. The van der Waals surface area contributed by atoms with Gasteiger partial charge in [-0.25, -0.2) is 0 Å². The molecule has 86 heavy (non-hydrogen) atoms. The molecule has 5 aliphatic heterocycles. The summed E-state index contributed by atoms with van der Waals surface area (Å²) >= 11 is 0. The molecule has 0 aromatic rings. The number of allylic oxidation sites excluding steroid dienone is 2. The Morgan fingerprint density at radius 3 is 1.60 bits per heavy atom. The quantitative estimate of drug-likeness (QED) is 0.0454. The topological polar surface area (TPSA) is 433 Å². The zero-order chi connectivity index (χ0) is 62.7. The van der Waals surface area contributed by atoms with Crippen LogP contribution < -0.4 is 0 Å². The van der Waals surface area contributed by atoms with Crippen LogP contribution >= 0.6 is 0 Å². The average molecular weight is 1240 g/mol. The second-order valence-corrected chi connectivity index (χ2v) is 28.7. The van der Waals surface area contributed by atoms with Crippen LogP contribution in [0, 0.1) is 50.2 Å². The molecule has 494 valence electrons. The maximum atomic E-state index is 14.8. The fraction of sp³-hybridized carbons (Fsp3) is 0.949. The van der Waals surface area contributed by atoms with Crippen molar-refractivity contribution in [2.24, 2.45) is 50.2 Å². The van der Waals surface area contributed by atoms with Gasteiger partial charge in [-0.2, -0.15) is 0 Å². The van der Waals surface area contributed by atoms with E-state index in [0.29, 0.717) is 38.5 Å². The number of carbonyl (C=O) groups is 1. The minimum absolute atomic E-state index is 0.0436. The fourth-order valence-electron chi connectivity index (χ4n) is 17.6. The molecule has 5 aliphatic carbocycles. The number of rotatable bonds is 14. The Morgan fingerprint density at radius 2 is 1.02 bits per heavy atom. The number of hydrogen-bond acceptors (Lipinski definition) is 27. The predicted octanol–water partition coefficient (Wildman–Crippen LogP) is -3.57. The van der Waals surface area contributed by atoms with Crippen LogP contribution in [-0.4, -0.2) is 274 Å². The van der Waals surface area contributed by atoms with Gasteiger partial charge in [-0.1, -0.05) is 60.1 Å². The second kappa shape index (κ2) is 24.9. The number of carbonyl (C=O) groups excluding carboxylic acids is 1. The summed E-state index contributed by atoms with van der Waals surface area (Å²) in [5.74, 6) is -0.538. The Labute approximate surface area is 499 Å². The third kappa shape index (κ3) is 11.3. The van der Waals surface area contributed by atoms with Gasteiger partial charge in [0, 0.05) is 0 Å². The molecule has 16 N–H and O–H groups in total. The lowest BCUT2D eigenvalue weighted by atomic mass is 9.33. The first-order valence-corrected chi connectivity index (χ1v) is 30.7. The highest BCUT2D eigenvalue weighted by Gasteiger charge is 2.70. The minimum atomic E-state index is -2.01. The minimum Gasteiger partial charge on any atom is -0.432 e. The Morgan fingerprint density at radius 1 is 0.523 bits per heavy atom. The molecule has 0 radical (unpaired) electrons. The van der Waals surface area contributed by atoms with Crippen molar-refractivity contribution in [2.75, 3.05) is 33.0 Å². The van der Waals surface area contributed by atoms with E-state index in [1.54, 1.807) is 0 Å². The van der Waals surface area contributed by atoms with E-state index < -0.39 is 203 Å². The van der Waals surface area contributed by atoms with Gasteiger partial charge in [0.25, 0.3) is 0 Å². The first-order valence-electron chi connectivity index (χ1n) is 30.7. The molecule has 5 heterocycles. The smallest absolute Gasteiger partial charge is 0.315 e. The maximum absolute atomic E-state index is 14.8. The molecule has 10 rings (SSSR count). The van der Waals surface area contributed by atoms with Crippen molar-refractivity contribution < 1.29 is 134 Å². The summed E-state index contributed by atoms with van der Waals surface area (Å²) in [6.45, 7) is 12.4. The summed E-state index contributed by atoms with van der Waals surface area (Å²) in [5, 5.41) is 171. The molecule has 27 heteroatoms. The predicted molar refractivity (Wildman–Crippen MR) is 289 cm³/mol. The van der Waals surface area contributed by atoms with Gasteiger partial charge in [-0.3, -0.25) is 4.79 Å². The molecule has 27 nitrogen and oxygen atoms in total. The molecular formula is C59H96O27. The van der Waals surface area contributed by atoms with Gasteiger partial charge in [-0.05, 0) is 109 Å². The number of fused-ring (bicyclic) bond motifs is 7. The summed E-state index contributed by atoms with van der Waals surface area (Å²) < 4.78 is 60.5. The van der Waals surface area contributed by atoms with Crippen LogP contribution in [0.2, 0.25) is 0 Å².